The Kier molecular flexibility index (Phi) is 3.87. The average molecular weight is 419 g/mol. The second-order valence-corrected chi connectivity index (χ2v) is 8.61. The van der Waals surface area contributed by atoms with Gasteiger partial charge in [0.1, 0.15) is 17.4 Å². The molecule has 2 aliphatic heterocycles. The minimum Gasteiger partial charge on any atom is -0.475 e. The molecule has 32 heavy (non-hydrogen) atoms. The number of hydrogen-bond donors (Lipinski definition) is 0. The van der Waals surface area contributed by atoms with Crippen molar-refractivity contribution in [1.82, 2.24) is 19.9 Å². The van der Waals surface area contributed by atoms with Gasteiger partial charge in [0.15, 0.2) is 6.23 Å². The predicted molar refractivity (Wildman–Crippen MR) is 124 cm³/mol. The third-order valence-corrected chi connectivity index (χ3v) is 6.89. The fourth-order valence-electron chi connectivity index (χ4n) is 5.53. The Morgan fingerprint density at radius 1 is 0.781 bits per heavy atom. The van der Waals surface area contributed by atoms with E-state index in [0.29, 0.717) is 0 Å². The third kappa shape index (κ3) is 2.55. The van der Waals surface area contributed by atoms with Gasteiger partial charge in [-0.15, -0.1) is 5.10 Å². The number of hydrogen-bond acceptors (Lipinski definition) is 4. The van der Waals surface area contributed by atoms with Gasteiger partial charge in [-0.3, -0.25) is 0 Å². The second kappa shape index (κ2) is 6.90. The Balaban J connectivity index is 1.47. The smallest absolute Gasteiger partial charge is 0.155 e. The van der Waals surface area contributed by atoms with Gasteiger partial charge in [-0.2, -0.15) is 0 Å². The zero-order valence-electron chi connectivity index (χ0n) is 17.5. The number of ether oxygens (including phenoxy) is 1. The van der Waals surface area contributed by atoms with E-state index in [0.717, 1.165) is 29.6 Å². The number of fused-ring (bicyclic) bond motifs is 5. The Hall–Kier alpha value is -3.70. The lowest BCUT2D eigenvalue weighted by molar-refractivity contribution is -0.0260. The van der Waals surface area contributed by atoms with Crippen LogP contribution >= 0.6 is 0 Å². The lowest BCUT2D eigenvalue weighted by atomic mass is 9.90. The highest BCUT2D eigenvalue weighted by atomic mass is 16.5. The Morgan fingerprint density at radius 2 is 1.59 bits per heavy atom. The van der Waals surface area contributed by atoms with E-state index in [1.165, 1.54) is 21.9 Å². The lowest BCUT2D eigenvalue weighted by Gasteiger charge is -2.42. The first kappa shape index (κ1) is 17.9. The third-order valence-electron chi connectivity index (χ3n) is 6.89. The van der Waals surface area contributed by atoms with Crippen LogP contribution in [0.3, 0.4) is 0 Å². The fourth-order valence-corrected chi connectivity index (χ4v) is 5.53. The first-order valence-corrected chi connectivity index (χ1v) is 11.2. The van der Waals surface area contributed by atoms with E-state index in [4.69, 9.17) is 4.74 Å². The summed E-state index contributed by atoms with van der Waals surface area (Å²) in [6.07, 6.45) is 1.99. The molecule has 5 nitrogen and oxygen atoms in total. The molecule has 7 rings (SSSR count). The van der Waals surface area contributed by atoms with Crippen LogP contribution in [-0.2, 0) is 0 Å². The first-order valence-electron chi connectivity index (χ1n) is 11.2. The van der Waals surface area contributed by atoms with Crippen molar-refractivity contribution in [3.05, 3.63) is 102 Å². The number of rotatable bonds is 2. The quantitative estimate of drug-likeness (QED) is 0.370. The van der Waals surface area contributed by atoms with Crippen molar-refractivity contribution < 1.29 is 4.74 Å². The predicted octanol–water partition coefficient (Wildman–Crippen LogP) is 5.69. The Bertz CT molecular complexity index is 1440. The van der Waals surface area contributed by atoms with Gasteiger partial charge in [0.25, 0.3) is 0 Å². The molecule has 0 spiro atoms. The van der Waals surface area contributed by atoms with Crippen molar-refractivity contribution in [2.24, 2.45) is 0 Å². The highest BCUT2D eigenvalue weighted by molar-refractivity contribution is 5.89. The summed E-state index contributed by atoms with van der Waals surface area (Å²) in [7, 11) is 0. The molecule has 4 aromatic carbocycles. The van der Waals surface area contributed by atoms with Gasteiger partial charge in [0.2, 0.25) is 0 Å². The molecule has 3 atom stereocenters. The number of aromatic nitrogens is 3. The van der Waals surface area contributed by atoms with E-state index in [1.807, 2.05) is 12.1 Å². The van der Waals surface area contributed by atoms with Crippen LogP contribution in [0, 0.1) is 0 Å². The molecule has 0 aliphatic carbocycles. The largest absolute Gasteiger partial charge is 0.475 e. The summed E-state index contributed by atoms with van der Waals surface area (Å²) in [5.74, 6) is 0.989. The molecule has 5 heteroatoms. The molecule has 0 amide bonds. The summed E-state index contributed by atoms with van der Waals surface area (Å²) in [4.78, 5) is 2.51. The van der Waals surface area contributed by atoms with Gasteiger partial charge in [-0.25, -0.2) is 9.58 Å². The SMILES string of the molecule is c1ccc([C@H]2c3c(ccc4ccccc34)O[C@@H]3CC[C@@H](n4nnc5ccccc54)N23)cc1. The minimum atomic E-state index is 0.00170. The normalized spacial score (nSPS) is 22.6. The second-order valence-electron chi connectivity index (χ2n) is 8.61. The molecule has 0 bridgehead atoms. The van der Waals surface area contributed by atoms with Crippen LogP contribution in [0.25, 0.3) is 21.8 Å². The van der Waals surface area contributed by atoms with Crippen molar-refractivity contribution in [3.63, 3.8) is 0 Å². The van der Waals surface area contributed by atoms with Crippen LogP contribution in [0.4, 0.5) is 0 Å². The van der Waals surface area contributed by atoms with E-state index < -0.39 is 0 Å². The van der Waals surface area contributed by atoms with Crippen LogP contribution in [-0.4, -0.2) is 26.1 Å². The first-order chi connectivity index (χ1) is 15.9. The van der Waals surface area contributed by atoms with Gasteiger partial charge in [-0.05, 0) is 41.0 Å². The zero-order valence-corrected chi connectivity index (χ0v) is 17.5. The molecule has 2 aliphatic rings. The molecule has 1 saturated heterocycles. The van der Waals surface area contributed by atoms with E-state index in [1.54, 1.807) is 0 Å². The summed E-state index contributed by atoms with van der Waals surface area (Å²) < 4.78 is 8.71. The molecule has 0 saturated carbocycles. The summed E-state index contributed by atoms with van der Waals surface area (Å²) in [6, 6.07) is 32.0. The van der Waals surface area contributed by atoms with Gasteiger partial charge in [0.05, 0.1) is 11.6 Å². The van der Waals surface area contributed by atoms with E-state index in [2.05, 4.69) is 98.8 Å². The monoisotopic (exact) mass is 418 g/mol. The Labute approximate surface area is 185 Å². The van der Waals surface area contributed by atoms with Crippen LogP contribution in [0.1, 0.15) is 36.2 Å². The van der Waals surface area contributed by atoms with E-state index >= 15 is 0 Å². The van der Waals surface area contributed by atoms with Crippen molar-refractivity contribution in [2.45, 2.75) is 31.3 Å². The topological polar surface area (TPSA) is 43.2 Å². The van der Waals surface area contributed by atoms with Gasteiger partial charge < -0.3 is 4.74 Å². The van der Waals surface area contributed by atoms with Crippen LogP contribution < -0.4 is 4.74 Å². The zero-order chi connectivity index (χ0) is 21.1. The molecule has 0 N–H and O–H groups in total. The van der Waals surface area contributed by atoms with Crippen LogP contribution in [0.15, 0.2) is 91.0 Å². The Morgan fingerprint density at radius 3 is 2.53 bits per heavy atom. The summed E-state index contributed by atoms with van der Waals surface area (Å²) in [5, 5.41) is 11.5. The molecule has 1 fully saturated rings. The van der Waals surface area contributed by atoms with Crippen molar-refractivity contribution in [1.29, 1.82) is 0 Å². The van der Waals surface area contributed by atoms with Crippen molar-refractivity contribution in [2.75, 3.05) is 0 Å². The number of para-hydroxylation sites is 1. The average Bonchev–Trinajstić information content (AvgIpc) is 3.47. The molecule has 5 aromatic rings. The summed E-state index contributed by atoms with van der Waals surface area (Å²) >= 11 is 0. The highest BCUT2D eigenvalue weighted by Gasteiger charge is 2.47. The maximum atomic E-state index is 6.62. The summed E-state index contributed by atoms with van der Waals surface area (Å²) in [6.45, 7) is 0. The van der Waals surface area contributed by atoms with E-state index in [9.17, 15) is 0 Å². The molecular formula is C27H22N4O. The molecule has 0 unspecified atom stereocenters. The van der Waals surface area contributed by atoms with Crippen LogP contribution in [0.2, 0.25) is 0 Å². The molecule has 1 aromatic heterocycles. The maximum absolute atomic E-state index is 6.62. The molecular weight excluding hydrogens is 396 g/mol. The number of benzene rings is 4. The van der Waals surface area contributed by atoms with Crippen LogP contribution in [0.5, 0.6) is 5.75 Å². The fraction of sp³-hybridized carbons (Fsp3) is 0.185. The lowest BCUT2D eigenvalue weighted by Crippen LogP contribution is -2.44. The minimum absolute atomic E-state index is 0.00170. The van der Waals surface area contributed by atoms with Crippen molar-refractivity contribution >= 4 is 21.8 Å². The van der Waals surface area contributed by atoms with Gasteiger partial charge >= 0.3 is 0 Å². The molecule has 0 radical (unpaired) electrons. The number of nitrogens with zero attached hydrogens (tertiary/aromatic N) is 4. The van der Waals surface area contributed by atoms with Crippen molar-refractivity contribution in [3.8, 4) is 5.75 Å². The maximum Gasteiger partial charge on any atom is 0.155 e. The standard InChI is InChI=1S/C27H22N4O/c1-2-9-19(10-3-1)27-26-20-11-5-4-8-18(20)14-15-23(26)32-25-17-16-24(30(25)27)31-22-13-7-6-12-21(22)28-29-31/h1-15,24-25,27H,16-17H2/t24-,25-,27+/m1/s1. The molecule has 156 valence electrons. The van der Waals surface area contributed by atoms with Gasteiger partial charge in [-0.1, -0.05) is 78.0 Å². The summed E-state index contributed by atoms with van der Waals surface area (Å²) in [5.41, 5.74) is 4.50. The molecule has 3 heterocycles. The highest BCUT2D eigenvalue weighted by Crippen LogP contribution is 2.51. The van der Waals surface area contributed by atoms with E-state index in [-0.39, 0.29) is 18.4 Å². The van der Waals surface area contributed by atoms with Gasteiger partial charge in [0, 0.05) is 12.0 Å².